The van der Waals surface area contributed by atoms with Gasteiger partial charge in [0.1, 0.15) is 0 Å². The second-order valence-electron chi connectivity index (χ2n) is 22.1. The number of allylic oxidation sites excluding steroid dienone is 6. The summed E-state index contributed by atoms with van der Waals surface area (Å²) in [7, 11) is 0. The molecule has 362 valence electrons. The molecule has 1 spiro atoms. The van der Waals surface area contributed by atoms with Gasteiger partial charge < -0.3 is 18.6 Å². The van der Waals surface area contributed by atoms with Crippen molar-refractivity contribution in [2.75, 3.05) is 4.90 Å². The van der Waals surface area contributed by atoms with Crippen LogP contribution in [0.4, 0.5) is 5.69 Å². The molecule has 1 aliphatic heterocycles. The minimum Gasteiger partial charge on any atom is -0.337 e. The van der Waals surface area contributed by atoms with E-state index in [1.165, 1.54) is 144 Å². The minimum absolute atomic E-state index is 0.214. The summed E-state index contributed by atoms with van der Waals surface area (Å²) >= 11 is 0. The van der Waals surface area contributed by atoms with Crippen molar-refractivity contribution in [3.8, 4) is 39.3 Å². The topological polar surface area (TPSA) is 18.0 Å². The molecule has 0 bridgehead atoms. The molecule has 0 N–H and O–H groups in total. The normalized spacial score (nSPS) is 18.0. The van der Waals surface area contributed by atoms with Gasteiger partial charge in [0.15, 0.2) is 0 Å². The molecule has 4 heterocycles. The molecule has 4 nitrogen and oxygen atoms in total. The van der Waals surface area contributed by atoms with Crippen molar-refractivity contribution in [2.45, 2.75) is 37.1 Å². The molecule has 2 atom stereocenters. The Morgan fingerprint density at radius 2 is 0.792 bits per heavy atom. The maximum absolute atomic E-state index is 2.71. The molecule has 3 aromatic heterocycles. The molecule has 4 heteroatoms. The number of fused-ring (bicyclic) bond motifs is 21. The molecule has 0 amide bonds. The monoisotopic (exact) mass is 982 g/mol. The van der Waals surface area contributed by atoms with Crippen molar-refractivity contribution >= 4 is 66.3 Å². The molecule has 0 saturated heterocycles. The van der Waals surface area contributed by atoms with E-state index in [-0.39, 0.29) is 6.04 Å². The predicted octanol–water partition coefficient (Wildman–Crippen LogP) is 17.7. The second kappa shape index (κ2) is 15.4. The van der Waals surface area contributed by atoms with Crippen LogP contribution in [0, 0.1) is 5.92 Å². The van der Waals surface area contributed by atoms with Gasteiger partial charge in [-0.2, -0.15) is 0 Å². The fraction of sp³-hybridized carbons (Fsp3) is 0.0959. The van der Waals surface area contributed by atoms with Crippen LogP contribution in [0.25, 0.3) is 99.9 Å². The molecule has 9 aromatic carbocycles. The number of rotatable bonds is 4. The van der Waals surface area contributed by atoms with Crippen LogP contribution < -0.4 is 4.90 Å². The van der Waals surface area contributed by atoms with E-state index in [0.717, 1.165) is 25.7 Å². The van der Waals surface area contributed by atoms with Crippen molar-refractivity contribution < 1.29 is 0 Å². The fourth-order valence-corrected chi connectivity index (χ4v) is 15.5. The quantitative estimate of drug-likeness (QED) is 0.172. The number of nitrogens with zero attached hydrogens (tertiary/aromatic N) is 4. The van der Waals surface area contributed by atoms with Gasteiger partial charge >= 0.3 is 0 Å². The predicted molar refractivity (Wildman–Crippen MR) is 319 cm³/mol. The van der Waals surface area contributed by atoms with E-state index in [4.69, 9.17) is 0 Å². The lowest BCUT2D eigenvalue weighted by atomic mass is 9.70. The van der Waals surface area contributed by atoms with Crippen LogP contribution in [0.3, 0.4) is 0 Å². The lowest BCUT2D eigenvalue weighted by Crippen LogP contribution is -2.33. The van der Waals surface area contributed by atoms with Crippen LogP contribution in [0.5, 0.6) is 0 Å². The van der Waals surface area contributed by atoms with Crippen LogP contribution in [0.1, 0.15) is 52.8 Å². The average Bonchev–Trinajstić information content (AvgIpc) is 4.47. The van der Waals surface area contributed by atoms with Gasteiger partial charge in [-0.15, -0.1) is 0 Å². The van der Waals surface area contributed by atoms with Gasteiger partial charge in [-0.05, 0) is 155 Å². The van der Waals surface area contributed by atoms with Gasteiger partial charge in [0.25, 0.3) is 0 Å². The van der Waals surface area contributed by atoms with Crippen LogP contribution in [0.15, 0.2) is 248 Å². The summed E-state index contributed by atoms with van der Waals surface area (Å²) in [6.45, 7) is 0. The Balaban J connectivity index is 0.972. The van der Waals surface area contributed by atoms with Gasteiger partial charge in [0.05, 0.1) is 39.0 Å². The molecule has 18 rings (SSSR count). The number of hydrogen-bond donors (Lipinski definition) is 0. The van der Waals surface area contributed by atoms with Gasteiger partial charge in [0.2, 0.25) is 0 Å². The molecule has 0 fully saturated rings. The van der Waals surface area contributed by atoms with Gasteiger partial charge in [0, 0.05) is 72.6 Å². The third-order valence-electron chi connectivity index (χ3n) is 18.5. The van der Waals surface area contributed by atoms with E-state index >= 15 is 0 Å². The van der Waals surface area contributed by atoms with E-state index < -0.39 is 5.41 Å². The smallest absolute Gasteiger partial charge is 0.0728 e. The van der Waals surface area contributed by atoms with Crippen LogP contribution >= 0.6 is 0 Å². The van der Waals surface area contributed by atoms with E-state index in [0.29, 0.717) is 5.92 Å². The first-order valence-electron chi connectivity index (χ1n) is 27.6. The van der Waals surface area contributed by atoms with Crippen LogP contribution in [-0.2, 0) is 11.8 Å². The molecule has 0 radical (unpaired) electrons. The van der Waals surface area contributed by atoms with E-state index in [1.807, 2.05) is 0 Å². The highest BCUT2D eigenvalue weighted by Crippen LogP contribution is 2.65. The third-order valence-corrected chi connectivity index (χ3v) is 18.5. The standard InChI is InChI=1S/C73H50N4/c1-9-25-65-53(17-1)54-18-2-10-26-66(54)74(65)45-33-37-49-50-38-34-46(75-67-27-11-3-19-55(67)56-20-4-12-28-68(56)75)42-62(50)73(61(49)41-45)63-43-47(76-69-29-13-5-21-57(69)58-22-6-14-30-70(58)76)35-39-51(63)52-40-36-48(44-64(52)73)77-71-31-15-7-23-59(71)60-24-8-16-32-72(60)77/h1-13,15,17-29,31,33-44,57,69H,14,16,30,32H2. The molecule has 0 saturated carbocycles. The van der Waals surface area contributed by atoms with E-state index in [2.05, 4.69) is 261 Å². The highest BCUT2D eigenvalue weighted by atomic mass is 15.2. The Labute approximate surface area is 446 Å². The summed E-state index contributed by atoms with van der Waals surface area (Å²) in [6.07, 6.45) is 23.0. The summed E-state index contributed by atoms with van der Waals surface area (Å²) < 4.78 is 7.62. The van der Waals surface area contributed by atoms with Crippen molar-refractivity contribution in [2.24, 2.45) is 5.92 Å². The summed E-state index contributed by atoms with van der Waals surface area (Å²) in [6, 6.07) is 74.9. The average molecular weight is 983 g/mol. The highest BCUT2D eigenvalue weighted by Gasteiger charge is 2.53. The zero-order chi connectivity index (χ0) is 50.1. The van der Waals surface area contributed by atoms with Crippen molar-refractivity contribution in [1.82, 2.24) is 13.7 Å². The molecule has 6 aliphatic rings. The lowest BCUT2D eigenvalue weighted by molar-refractivity contribution is 0.680. The van der Waals surface area contributed by atoms with Crippen molar-refractivity contribution in [3.05, 3.63) is 281 Å². The molecule has 77 heavy (non-hydrogen) atoms. The number of benzene rings is 9. The number of aromatic nitrogens is 3. The SMILES string of the molecule is C1=CC2C3=C(CCC=C3)N(c3ccc4c(c3)C3(c5cc(-n6c7c(c8ccccc86)C=CCC7)ccc5-4)c4cc(-n5c6ccccc6c6ccccc65)ccc4-c4ccc(-n5c6ccccc6c6ccccc65)cc43)C2C=C1. The maximum atomic E-state index is 2.71. The zero-order valence-corrected chi connectivity index (χ0v) is 42.4. The summed E-state index contributed by atoms with van der Waals surface area (Å²) in [5.74, 6) is 0.321. The molecule has 5 aliphatic carbocycles. The molecular formula is C73H50N4. The van der Waals surface area contributed by atoms with Gasteiger partial charge in [-0.3, -0.25) is 0 Å². The van der Waals surface area contributed by atoms with E-state index in [1.54, 1.807) is 0 Å². The van der Waals surface area contributed by atoms with Gasteiger partial charge in [-0.1, -0.05) is 164 Å². The number of anilines is 1. The fourth-order valence-electron chi connectivity index (χ4n) is 15.5. The summed E-state index contributed by atoms with van der Waals surface area (Å²) in [5.41, 5.74) is 26.3. The Kier molecular flexibility index (Phi) is 8.37. The Morgan fingerprint density at radius 1 is 0.377 bits per heavy atom. The summed E-state index contributed by atoms with van der Waals surface area (Å²) in [5, 5.41) is 6.38. The van der Waals surface area contributed by atoms with E-state index in [9.17, 15) is 0 Å². The minimum atomic E-state index is -0.709. The molecule has 12 aromatic rings. The van der Waals surface area contributed by atoms with Crippen LogP contribution in [0.2, 0.25) is 0 Å². The third kappa shape index (κ3) is 5.42. The van der Waals surface area contributed by atoms with Crippen molar-refractivity contribution in [1.29, 1.82) is 0 Å². The van der Waals surface area contributed by atoms with Crippen LogP contribution in [-0.4, -0.2) is 19.7 Å². The molecule has 2 unspecified atom stereocenters. The summed E-state index contributed by atoms with van der Waals surface area (Å²) in [4.78, 5) is 2.71. The number of hydrogen-bond acceptors (Lipinski definition) is 1. The first-order valence-corrected chi connectivity index (χ1v) is 27.6. The Hall–Kier alpha value is -9.38. The lowest BCUT2D eigenvalue weighted by Gasteiger charge is -2.34. The Bertz CT molecular complexity index is 4510. The van der Waals surface area contributed by atoms with Gasteiger partial charge in [-0.25, -0.2) is 0 Å². The molecular weight excluding hydrogens is 933 g/mol. The highest BCUT2D eigenvalue weighted by molar-refractivity contribution is 6.11. The van der Waals surface area contributed by atoms with Crippen molar-refractivity contribution in [3.63, 3.8) is 0 Å². The maximum Gasteiger partial charge on any atom is 0.0728 e. The first-order chi connectivity index (χ1) is 38.2. The first kappa shape index (κ1) is 41.9. The second-order valence-corrected chi connectivity index (χ2v) is 22.1. The zero-order valence-electron chi connectivity index (χ0n) is 42.4. The largest absolute Gasteiger partial charge is 0.337 e. The number of para-hydroxylation sites is 5. The Morgan fingerprint density at radius 3 is 1.32 bits per heavy atom.